The third-order valence-corrected chi connectivity index (χ3v) is 6.77. The average Bonchev–Trinajstić information content (AvgIpc) is 2.97. The first-order chi connectivity index (χ1) is 18.3. The zero-order chi connectivity index (χ0) is 24.9. The molecular weight excluding hydrogens is 454 g/mol. The maximum atomic E-state index is 5.92. The van der Waals surface area contributed by atoms with Crippen LogP contribution in [0.1, 0.15) is 35.1 Å². The number of nitrogens with zero attached hydrogens (tertiary/aromatic N) is 1. The lowest BCUT2D eigenvalue weighted by molar-refractivity contribution is 0.316. The highest BCUT2D eigenvalue weighted by atomic mass is 16.5. The summed E-state index contributed by atoms with van der Waals surface area (Å²) in [6.07, 6.45) is 10.6. The van der Waals surface area contributed by atoms with E-state index in [2.05, 4.69) is 102 Å². The molecule has 0 saturated carbocycles. The molecule has 2 heterocycles. The molecule has 182 valence electrons. The van der Waals surface area contributed by atoms with Crippen molar-refractivity contribution in [3.05, 3.63) is 138 Å². The minimum Gasteiger partial charge on any atom is -0.493 e. The van der Waals surface area contributed by atoms with E-state index in [1.807, 2.05) is 30.3 Å². The topological polar surface area (TPSA) is 21.7 Å². The van der Waals surface area contributed by atoms with Crippen LogP contribution in [0.4, 0.5) is 5.69 Å². The Bertz CT molecular complexity index is 1400. The van der Waals surface area contributed by atoms with E-state index in [-0.39, 0.29) is 0 Å². The summed E-state index contributed by atoms with van der Waals surface area (Å²) >= 11 is 0. The van der Waals surface area contributed by atoms with Gasteiger partial charge in [-0.2, -0.15) is 0 Å². The quantitative estimate of drug-likeness (QED) is 0.266. The van der Waals surface area contributed by atoms with Crippen LogP contribution in [0.25, 0.3) is 23.3 Å². The highest BCUT2D eigenvalue weighted by molar-refractivity contribution is 5.79. The summed E-state index contributed by atoms with van der Waals surface area (Å²) in [7, 11) is 0. The molecule has 4 aromatic rings. The summed E-state index contributed by atoms with van der Waals surface area (Å²) in [5, 5.41) is 0. The third kappa shape index (κ3) is 5.22. The van der Waals surface area contributed by atoms with E-state index in [0.717, 1.165) is 41.2 Å². The standard InChI is InChI=1S/C34H29NO2/c1-2-8-26(9-3-1)14-15-27-16-18-30(19-17-27)35(24-28-20-22-36-33-12-6-4-10-31(28)33)25-29-21-23-37-34-13-7-5-11-32(29)34/h1-19,24-25H,20-23H2/b15-14+,28-24+,29-25+. The van der Waals surface area contributed by atoms with E-state index in [1.54, 1.807) is 0 Å². The number of ether oxygens (including phenoxy) is 2. The van der Waals surface area contributed by atoms with Gasteiger partial charge in [0.1, 0.15) is 11.5 Å². The van der Waals surface area contributed by atoms with Gasteiger partial charge in [0.15, 0.2) is 0 Å². The first-order valence-electron chi connectivity index (χ1n) is 12.8. The predicted octanol–water partition coefficient (Wildman–Crippen LogP) is 8.31. The van der Waals surface area contributed by atoms with Crippen molar-refractivity contribution in [2.75, 3.05) is 18.1 Å². The van der Waals surface area contributed by atoms with Crippen LogP contribution in [0.15, 0.2) is 116 Å². The molecule has 2 aliphatic rings. The van der Waals surface area contributed by atoms with Crippen LogP contribution in [0.5, 0.6) is 11.5 Å². The number of anilines is 1. The fourth-order valence-electron chi connectivity index (χ4n) is 4.83. The molecule has 0 amide bonds. The smallest absolute Gasteiger partial charge is 0.126 e. The second-order valence-corrected chi connectivity index (χ2v) is 9.24. The molecule has 4 aromatic carbocycles. The second kappa shape index (κ2) is 10.6. The van der Waals surface area contributed by atoms with Crippen LogP contribution in [0.3, 0.4) is 0 Å². The zero-order valence-electron chi connectivity index (χ0n) is 20.7. The van der Waals surface area contributed by atoms with Crippen molar-refractivity contribution in [2.45, 2.75) is 12.8 Å². The molecule has 3 nitrogen and oxygen atoms in total. The SMILES string of the molecule is C(=C\c1ccc(N(/C=C2\CCOc3ccccc32)/C=C2\CCOc3ccccc32)cc1)/c1ccccc1. The molecule has 0 unspecified atom stereocenters. The van der Waals surface area contributed by atoms with Crippen LogP contribution in [0.2, 0.25) is 0 Å². The van der Waals surface area contributed by atoms with Crippen molar-refractivity contribution in [3.63, 3.8) is 0 Å². The van der Waals surface area contributed by atoms with Gasteiger partial charge in [0.2, 0.25) is 0 Å². The summed E-state index contributed by atoms with van der Waals surface area (Å²) in [6.45, 7) is 1.38. The average molecular weight is 484 g/mol. The zero-order valence-corrected chi connectivity index (χ0v) is 20.7. The van der Waals surface area contributed by atoms with E-state index in [9.17, 15) is 0 Å². The minimum absolute atomic E-state index is 0.688. The van der Waals surface area contributed by atoms with E-state index < -0.39 is 0 Å². The van der Waals surface area contributed by atoms with Gasteiger partial charge in [-0.15, -0.1) is 0 Å². The summed E-state index contributed by atoms with van der Waals surface area (Å²) in [5.74, 6) is 1.90. The molecule has 0 saturated heterocycles. The molecule has 0 radical (unpaired) electrons. The largest absolute Gasteiger partial charge is 0.493 e. The second-order valence-electron chi connectivity index (χ2n) is 9.24. The monoisotopic (exact) mass is 483 g/mol. The highest BCUT2D eigenvalue weighted by Crippen LogP contribution is 2.36. The molecule has 0 bridgehead atoms. The Hall–Kier alpha value is -4.50. The van der Waals surface area contributed by atoms with Crippen molar-refractivity contribution < 1.29 is 9.47 Å². The molecule has 0 aromatic heterocycles. The molecule has 0 atom stereocenters. The van der Waals surface area contributed by atoms with Gasteiger partial charge in [-0.3, -0.25) is 0 Å². The number of para-hydroxylation sites is 2. The summed E-state index contributed by atoms with van der Waals surface area (Å²) < 4.78 is 11.8. The molecule has 0 fully saturated rings. The fraction of sp³-hybridized carbons (Fsp3) is 0.118. The van der Waals surface area contributed by atoms with Crippen molar-refractivity contribution in [3.8, 4) is 11.5 Å². The van der Waals surface area contributed by atoms with Gasteiger partial charge in [0.25, 0.3) is 0 Å². The van der Waals surface area contributed by atoms with Crippen LogP contribution < -0.4 is 14.4 Å². The number of fused-ring (bicyclic) bond motifs is 2. The van der Waals surface area contributed by atoms with E-state index in [4.69, 9.17) is 9.47 Å². The molecule has 0 N–H and O–H groups in total. The number of rotatable bonds is 5. The van der Waals surface area contributed by atoms with Crippen LogP contribution in [-0.2, 0) is 0 Å². The van der Waals surface area contributed by atoms with Crippen molar-refractivity contribution >= 4 is 29.0 Å². The fourth-order valence-corrected chi connectivity index (χ4v) is 4.83. The Balaban J connectivity index is 1.37. The molecular formula is C34H29NO2. The van der Waals surface area contributed by atoms with Gasteiger partial charge in [-0.05, 0) is 46.5 Å². The number of hydrogen-bond acceptors (Lipinski definition) is 3. The molecule has 6 rings (SSSR count). The number of benzene rings is 4. The van der Waals surface area contributed by atoms with Crippen LogP contribution in [-0.4, -0.2) is 13.2 Å². The Labute approximate surface area is 218 Å². The van der Waals surface area contributed by atoms with Gasteiger partial charge >= 0.3 is 0 Å². The van der Waals surface area contributed by atoms with Gasteiger partial charge in [-0.25, -0.2) is 0 Å². The Morgan fingerprint density at radius 1 is 0.514 bits per heavy atom. The van der Waals surface area contributed by atoms with Gasteiger partial charge < -0.3 is 14.4 Å². The molecule has 0 spiro atoms. The lowest BCUT2D eigenvalue weighted by atomic mass is 9.99. The summed E-state index contributed by atoms with van der Waals surface area (Å²) in [5.41, 5.74) is 8.34. The van der Waals surface area contributed by atoms with Crippen molar-refractivity contribution in [1.29, 1.82) is 0 Å². The lowest BCUT2D eigenvalue weighted by Gasteiger charge is -2.26. The Morgan fingerprint density at radius 3 is 1.57 bits per heavy atom. The van der Waals surface area contributed by atoms with Gasteiger partial charge in [0.05, 0.1) is 13.2 Å². The Kier molecular flexibility index (Phi) is 6.59. The van der Waals surface area contributed by atoms with Gasteiger partial charge in [-0.1, -0.05) is 91.0 Å². The Morgan fingerprint density at radius 2 is 1.00 bits per heavy atom. The van der Waals surface area contributed by atoms with Gasteiger partial charge in [0, 0.05) is 42.1 Å². The molecule has 0 aliphatic carbocycles. The lowest BCUT2D eigenvalue weighted by Crippen LogP contribution is -2.15. The molecule has 37 heavy (non-hydrogen) atoms. The molecule has 2 aliphatic heterocycles. The predicted molar refractivity (Wildman–Crippen MR) is 153 cm³/mol. The maximum Gasteiger partial charge on any atom is 0.126 e. The van der Waals surface area contributed by atoms with E-state index in [1.165, 1.54) is 22.3 Å². The first kappa shape index (κ1) is 22.9. The summed E-state index contributed by atoms with van der Waals surface area (Å²) in [6, 6.07) is 35.7. The number of hydrogen-bond donors (Lipinski definition) is 0. The van der Waals surface area contributed by atoms with Crippen molar-refractivity contribution in [1.82, 2.24) is 0 Å². The summed E-state index contributed by atoms with van der Waals surface area (Å²) in [4.78, 5) is 2.26. The minimum atomic E-state index is 0.688. The normalized spacial score (nSPS) is 16.6. The first-order valence-corrected chi connectivity index (χ1v) is 12.8. The van der Waals surface area contributed by atoms with E-state index in [0.29, 0.717) is 13.2 Å². The van der Waals surface area contributed by atoms with Crippen LogP contribution in [0, 0.1) is 0 Å². The highest BCUT2D eigenvalue weighted by Gasteiger charge is 2.18. The maximum absolute atomic E-state index is 5.92. The van der Waals surface area contributed by atoms with Crippen LogP contribution >= 0.6 is 0 Å². The van der Waals surface area contributed by atoms with E-state index >= 15 is 0 Å². The van der Waals surface area contributed by atoms with Crippen molar-refractivity contribution in [2.24, 2.45) is 0 Å². The molecule has 3 heteroatoms. The third-order valence-electron chi connectivity index (χ3n) is 6.77.